The highest BCUT2D eigenvalue weighted by Crippen LogP contribution is 2.32. The predicted molar refractivity (Wildman–Crippen MR) is 117 cm³/mol. The number of amides is 1. The molecule has 1 aliphatic rings. The fraction of sp³-hybridized carbons (Fsp3) is 0.238. The minimum absolute atomic E-state index is 0.0531. The van der Waals surface area contributed by atoms with Crippen LogP contribution in [0.25, 0.3) is 11.3 Å². The summed E-state index contributed by atoms with van der Waals surface area (Å²) in [6.07, 6.45) is 2.03. The number of benzene rings is 2. The second kappa shape index (κ2) is 8.50. The van der Waals surface area contributed by atoms with Crippen LogP contribution in [0.1, 0.15) is 23.2 Å². The van der Waals surface area contributed by atoms with Crippen molar-refractivity contribution >= 4 is 33.8 Å². The van der Waals surface area contributed by atoms with Gasteiger partial charge in [-0.25, -0.2) is 4.98 Å². The van der Waals surface area contributed by atoms with E-state index in [1.54, 1.807) is 19.2 Å². The van der Waals surface area contributed by atoms with Gasteiger partial charge in [-0.2, -0.15) is 0 Å². The molecule has 2 heterocycles. The highest BCUT2D eigenvalue weighted by molar-refractivity contribution is 7.14. The number of rotatable bonds is 6. The van der Waals surface area contributed by atoms with Crippen LogP contribution in [0.3, 0.4) is 0 Å². The number of methoxy groups -OCH3 is 1. The van der Waals surface area contributed by atoms with E-state index in [0.717, 1.165) is 42.9 Å². The summed E-state index contributed by atoms with van der Waals surface area (Å²) in [5.74, 6) is 0.322. The van der Waals surface area contributed by atoms with E-state index in [4.69, 9.17) is 4.74 Å². The second-order valence-corrected chi connectivity index (χ2v) is 7.73. The predicted octanol–water partition coefficient (Wildman–Crippen LogP) is 4.58. The number of nitro benzene ring substituents is 1. The Bertz CT molecular complexity index is 1070. The molecule has 1 fully saturated rings. The first-order chi connectivity index (χ1) is 14.5. The third kappa shape index (κ3) is 4.11. The zero-order valence-electron chi connectivity index (χ0n) is 16.3. The molecule has 0 aliphatic carbocycles. The molecule has 30 heavy (non-hydrogen) atoms. The molecule has 9 heteroatoms. The van der Waals surface area contributed by atoms with Gasteiger partial charge in [0.2, 0.25) is 0 Å². The molecule has 1 saturated heterocycles. The lowest BCUT2D eigenvalue weighted by Crippen LogP contribution is -2.19. The van der Waals surface area contributed by atoms with Gasteiger partial charge < -0.3 is 9.64 Å². The summed E-state index contributed by atoms with van der Waals surface area (Å²) in [6, 6.07) is 12.1. The summed E-state index contributed by atoms with van der Waals surface area (Å²) < 4.78 is 5.15. The maximum absolute atomic E-state index is 12.7. The van der Waals surface area contributed by atoms with Crippen LogP contribution >= 0.6 is 11.3 Å². The topological polar surface area (TPSA) is 97.6 Å². The number of hydrogen-bond acceptors (Lipinski definition) is 7. The van der Waals surface area contributed by atoms with E-state index < -0.39 is 10.8 Å². The largest absolute Gasteiger partial charge is 0.497 e. The van der Waals surface area contributed by atoms with E-state index in [-0.39, 0.29) is 11.3 Å². The van der Waals surface area contributed by atoms with Crippen molar-refractivity contribution in [3.05, 3.63) is 63.5 Å². The van der Waals surface area contributed by atoms with Crippen molar-refractivity contribution in [2.24, 2.45) is 0 Å². The quantitative estimate of drug-likeness (QED) is 0.459. The number of nitro groups is 1. The number of carbonyl (C=O) groups excluding carboxylic acids is 1. The van der Waals surface area contributed by atoms with E-state index in [1.807, 2.05) is 34.5 Å². The fourth-order valence-corrected chi connectivity index (χ4v) is 4.15. The Kier molecular flexibility index (Phi) is 5.62. The Labute approximate surface area is 177 Å². The molecule has 1 aliphatic heterocycles. The van der Waals surface area contributed by atoms with Gasteiger partial charge in [-0.05, 0) is 49.2 Å². The maximum Gasteiger partial charge on any atom is 0.293 e. The number of nitrogens with zero attached hydrogens (tertiary/aromatic N) is 3. The minimum Gasteiger partial charge on any atom is -0.497 e. The Morgan fingerprint density at radius 1 is 1.20 bits per heavy atom. The Balaban J connectivity index is 1.51. The molecule has 8 nitrogen and oxygen atoms in total. The van der Waals surface area contributed by atoms with Gasteiger partial charge in [0, 0.05) is 35.7 Å². The molecule has 1 N–H and O–H groups in total. The molecule has 0 atom stereocenters. The molecule has 2 aromatic carbocycles. The molecule has 0 saturated carbocycles. The molecular formula is C21H20N4O4S. The van der Waals surface area contributed by atoms with Crippen molar-refractivity contribution in [2.45, 2.75) is 12.8 Å². The first kappa shape index (κ1) is 19.8. The standard InChI is InChI=1S/C21H20N4O4S/c1-29-16-7-4-14(5-8-16)17-13-30-21(22-17)23-20(26)15-6-9-18(19(12-15)25(27)28)24-10-2-3-11-24/h4-9,12-13H,2-3,10-11H2,1H3,(H,22,23,26). The maximum atomic E-state index is 12.7. The van der Waals surface area contributed by atoms with Crippen molar-refractivity contribution in [3.8, 4) is 17.0 Å². The minimum atomic E-state index is -0.435. The number of nitrogens with one attached hydrogen (secondary N) is 1. The van der Waals surface area contributed by atoms with Gasteiger partial charge in [-0.15, -0.1) is 11.3 Å². The van der Waals surface area contributed by atoms with E-state index in [9.17, 15) is 14.9 Å². The lowest BCUT2D eigenvalue weighted by Gasteiger charge is -2.17. The Morgan fingerprint density at radius 3 is 2.60 bits per heavy atom. The third-order valence-corrected chi connectivity index (χ3v) is 5.75. The van der Waals surface area contributed by atoms with E-state index in [0.29, 0.717) is 10.8 Å². The Hall–Kier alpha value is -3.46. The number of hydrogen-bond donors (Lipinski definition) is 1. The highest BCUT2D eigenvalue weighted by atomic mass is 32.1. The van der Waals surface area contributed by atoms with Crippen LogP contribution < -0.4 is 15.0 Å². The number of aromatic nitrogens is 1. The second-order valence-electron chi connectivity index (χ2n) is 6.88. The van der Waals surface area contributed by atoms with Crippen LogP contribution in [0.4, 0.5) is 16.5 Å². The summed E-state index contributed by atoms with van der Waals surface area (Å²) in [5.41, 5.74) is 2.37. The van der Waals surface area contributed by atoms with Crippen molar-refractivity contribution in [1.82, 2.24) is 4.98 Å². The highest BCUT2D eigenvalue weighted by Gasteiger charge is 2.24. The van der Waals surface area contributed by atoms with E-state index in [2.05, 4.69) is 10.3 Å². The molecule has 0 spiro atoms. The molecule has 1 aromatic heterocycles. The van der Waals surface area contributed by atoms with Gasteiger partial charge in [0.1, 0.15) is 11.4 Å². The molecule has 1 amide bonds. The molecule has 154 valence electrons. The average molecular weight is 424 g/mol. The van der Waals surface area contributed by atoms with Crippen LogP contribution in [-0.2, 0) is 0 Å². The summed E-state index contributed by atoms with van der Waals surface area (Å²) in [4.78, 5) is 30.2. The first-order valence-electron chi connectivity index (χ1n) is 9.50. The number of thiazole rings is 1. The Morgan fingerprint density at radius 2 is 1.93 bits per heavy atom. The van der Waals surface area contributed by atoms with Crippen molar-refractivity contribution < 1.29 is 14.5 Å². The van der Waals surface area contributed by atoms with Crippen molar-refractivity contribution in [3.63, 3.8) is 0 Å². The lowest BCUT2D eigenvalue weighted by molar-refractivity contribution is -0.384. The smallest absolute Gasteiger partial charge is 0.293 e. The normalized spacial score (nSPS) is 13.3. The van der Waals surface area contributed by atoms with Crippen LogP contribution in [0.2, 0.25) is 0 Å². The molecular weight excluding hydrogens is 404 g/mol. The van der Waals surface area contributed by atoms with Crippen molar-refractivity contribution in [2.75, 3.05) is 30.4 Å². The van der Waals surface area contributed by atoms with Gasteiger partial charge in [0.15, 0.2) is 5.13 Å². The van der Waals surface area contributed by atoms with Crippen LogP contribution in [0, 0.1) is 10.1 Å². The monoisotopic (exact) mass is 424 g/mol. The van der Waals surface area contributed by atoms with Gasteiger partial charge in [-0.3, -0.25) is 20.2 Å². The summed E-state index contributed by atoms with van der Waals surface area (Å²) in [7, 11) is 1.60. The zero-order chi connectivity index (χ0) is 21.1. The average Bonchev–Trinajstić information content (AvgIpc) is 3.46. The van der Waals surface area contributed by atoms with Gasteiger partial charge >= 0.3 is 0 Å². The number of ether oxygens (including phenoxy) is 1. The lowest BCUT2D eigenvalue weighted by atomic mass is 10.1. The zero-order valence-corrected chi connectivity index (χ0v) is 17.1. The van der Waals surface area contributed by atoms with Crippen LogP contribution in [-0.4, -0.2) is 36.0 Å². The molecule has 3 aromatic rings. The summed E-state index contributed by atoms with van der Waals surface area (Å²) >= 11 is 1.29. The van der Waals surface area contributed by atoms with Gasteiger partial charge in [0.25, 0.3) is 11.6 Å². The fourth-order valence-electron chi connectivity index (χ4n) is 3.43. The van der Waals surface area contributed by atoms with E-state index >= 15 is 0 Å². The molecule has 0 radical (unpaired) electrons. The van der Waals surface area contributed by atoms with Crippen LogP contribution in [0.5, 0.6) is 5.75 Å². The van der Waals surface area contributed by atoms with Crippen LogP contribution in [0.15, 0.2) is 47.8 Å². The number of carbonyl (C=O) groups is 1. The molecule has 4 rings (SSSR count). The summed E-state index contributed by atoms with van der Waals surface area (Å²) in [5, 5.41) is 16.6. The van der Waals surface area contributed by atoms with Gasteiger partial charge in [-0.1, -0.05) is 0 Å². The van der Waals surface area contributed by atoms with Gasteiger partial charge in [0.05, 0.1) is 17.7 Å². The molecule has 0 unspecified atom stereocenters. The summed E-state index contributed by atoms with van der Waals surface area (Å²) in [6.45, 7) is 1.58. The van der Waals surface area contributed by atoms with E-state index in [1.165, 1.54) is 17.4 Å². The number of anilines is 2. The first-order valence-corrected chi connectivity index (χ1v) is 10.4. The molecule has 0 bridgehead atoms. The third-order valence-electron chi connectivity index (χ3n) is 4.99. The van der Waals surface area contributed by atoms with Crippen molar-refractivity contribution in [1.29, 1.82) is 0 Å². The SMILES string of the molecule is COc1ccc(-c2csc(NC(=O)c3ccc(N4CCCC4)c([N+](=O)[O-])c3)n2)cc1.